The number of benzene rings is 3. The van der Waals surface area contributed by atoms with Gasteiger partial charge in [0.1, 0.15) is 6.04 Å². The van der Waals surface area contributed by atoms with Crippen molar-refractivity contribution in [2.45, 2.75) is 23.0 Å². The zero-order chi connectivity index (χ0) is 19.3. The third-order valence-electron chi connectivity index (χ3n) is 4.69. The third kappa shape index (κ3) is 3.92. The summed E-state index contributed by atoms with van der Waals surface area (Å²) in [4.78, 5) is 11.5. The Labute approximate surface area is 164 Å². The van der Waals surface area contributed by atoms with E-state index in [4.69, 9.17) is 5.73 Å². The molecule has 0 spiro atoms. The summed E-state index contributed by atoms with van der Waals surface area (Å²) in [6, 6.07) is 29.6. The van der Waals surface area contributed by atoms with Crippen LogP contribution in [0, 0.1) is 0 Å². The summed E-state index contributed by atoms with van der Waals surface area (Å²) >= 11 is 1.58. The highest BCUT2D eigenvalue weighted by atomic mass is 32.2. The van der Waals surface area contributed by atoms with Crippen LogP contribution in [0.15, 0.2) is 91.0 Å². The average Bonchev–Trinajstić information content (AvgIpc) is 2.73. The number of carboxylic acid groups (broad SMARTS) is 1. The van der Waals surface area contributed by atoms with Crippen LogP contribution in [0.1, 0.15) is 23.6 Å². The molecule has 3 rings (SSSR count). The molecule has 0 bridgehead atoms. The van der Waals surface area contributed by atoms with Gasteiger partial charge in [0.25, 0.3) is 0 Å². The minimum atomic E-state index is -0.988. The number of aliphatic carboxylic acids is 1. The Bertz CT molecular complexity index is 772. The lowest BCUT2D eigenvalue weighted by molar-refractivity contribution is -0.138. The van der Waals surface area contributed by atoms with Crippen LogP contribution in [0.2, 0.25) is 0 Å². The molecule has 0 aliphatic rings. The Balaban J connectivity index is 2.24. The smallest absolute Gasteiger partial charge is 0.321 e. The predicted molar refractivity (Wildman–Crippen MR) is 112 cm³/mol. The van der Waals surface area contributed by atoms with Gasteiger partial charge in [-0.25, -0.2) is 0 Å². The van der Waals surface area contributed by atoms with Gasteiger partial charge in [0, 0.05) is 5.25 Å². The number of hydrogen-bond acceptors (Lipinski definition) is 3. The van der Waals surface area contributed by atoms with Crippen LogP contribution in [0.4, 0.5) is 0 Å². The van der Waals surface area contributed by atoms with Crippen LogP contribution in [0.25, 0.3) is 0 Å². The molecule has 0 amide bonds. The van der Waals surface area contributed by atoms with E-state index in [0.29, 0.717) is 0 Å². The van der Waals surface area contributed by atoms with Gasteiger partial charge in [-0.15, -0.1) is 11.8 Å². The summed E-state index contributed by atoms with van der Waals surface area (Å²) in [7, 11) is 0. The summed E-state index contributed by atoms with van der Waals surface area (Å²) < 4.78 is -0.559. The van der Waals surface area contributed by atoms with E-state index < -0.39 is 16.8 Å². The highest BCUT2D eigenvalue weighted by molar-refractivity contribution is 8.01. The van der Waals surface area contributed by atoms with E-state index >= 15 is 0 Å². The van der Waals surface area contributed by atoms with Gasteiger partial charge in [-0.3, -0.25) is 4.79 Å². The summed E-state index contributed by atoms with van der Waals surface area (Å²) in [6.07, 6.45) is 0. The molecule has 0 fully saturated rings. The van der Waals surface area contributed by atoms with Crippen molar-refractivity contribution in [2.24, 2.45) is 5.73 Å². The van der Waals surface area contributed by atoms with Gasteiger partial charge in [-0.1, -0.05) is 97.9 Å². The van der Waals surface area contributed by atoms with E-state index in [0.717, 1.165) is 16.7 Å². The summed E-state index contributed by atoms with van der Waals surface area (Å²) in [5.41, 5.74) is 9.26. The first-order valence-corrected chi connectivity index (χ1v) is 9.76. The zero-order valence-corrected chi connectivity index (χ0v) is 16.0. The lowest BCUT2D eigenvalue weighted by Gasteiger charge is -2.38. The molecule has 4 heteroatoms. The van der Waals surface area contributed by atoms with Crippen molar-refractivity contribution < 1.29 is 9.90 Å². The zero-order valence-electron chi connectivity index (χ0n) is 15.2. The lowest BCUT2D eigenvalue weighted by atomic mass is 9.84. The van der Waals surface area contributed by atoms with E-state index in [1.54, 1.807) is 11.8 Å². The quantitative estimate of drug-likeness (QED) is 0.595. The van der Waals surface area contributed by atoms with Crippen LogP contribution in [0.5, 0.6) is 0 Å². The number of carboxylic acids is 1. The largest absolute Gasteiger partial charge is 0.480 e. The van der Waals surface area contributed by atoms with Gasteiger partial charge in [0.05, 0.1) is 4.75 Å². The third-order valence-corrected chi connectivity index (χ3v) is 6.42. The molecule has 3 aromatic rings. The second-order valence-corrected chi connectivity index (χ2v) is 8.06. The Morgan fingerprint density at radius 2 is 1.15 bits per heavy atom. The van der Waals surface area contributed by atoms with Gasteiger partial charge >= 0.3 is 5.97 Å². The molecule has 0 heterocycles. The van der Waals surface area contributed by atoms with Gasteiger partial charge in [-0.2, -0.15) is 0 Å². The monoisotopic (exact) mass is 377 g/mol. The van der Waals surface area contributed by atoms with Crippen LogP contribution in [-0.4, -0.2) is 22.4 Å². The van der Waals surface area contributed by atoms with E-state index in [1.165, 1.54) is 0 Å². The normalized spacial score (nSPS) is 13.7. The number of thioether (sulfide) groups is 1. The van der Waals surface area contributed by atoms with Gasteiger partial charge in [-0.05, 0) is 16.7 Å². The number of carbonyl (C=O) groups is 1. The maximum absolute atomic E-state index is 11.5. The molecule has 0 aromatic heterocycles. The second-order valence-electron chi connectivity index (χ2n) is 6.47. The molecule has 2 atom stereocenters. The first-order chi connectivity index (χ1) is 13.1. The van der Waals surface area contributed by atoms with E-state index in [-0.39, 0.29) is 5.25 Å². The van der Waals surface area contributed by atoms with Crippen LogP contribution in [0.3, 0.4) is 0 Å². The first kappa shape index (κ1) is 19.2. The van der Waals surface area contributed by atoms with E-state index in [1.807, 2.05) is 61.5 Å². The molecule has 0 saturated heterocycles. The summed E-state index contributed by atoms with van der Waals surface area (Å²) in [5, 5.41) is 9.12. The van der Waals surface area contributed by atoms with Crippen LogP contribution >= 0.6 is 11.8 Å². The molecule has 2 unspecified atom stereocenters. The fraction of sp³-hybridized carbons (Fsp3) is 0.174. The van der Waals surface area contributed by atoms with Gasteiger partial charge in [0.2, 0.25) is 0 Å². The van der Waals surface area contributed by atoms with Crippen LogP contribution < -0.4 is 5.73 Å². The Hall–Kier alpha value is -2.56. The van der Waals surface area contributed by atoms with Crippen molar-refractivity contribution in [1.29, 1.82) is 0 Å². The van der Waals surface area contributed by atoms with E-state index in [9.17, 15) is 9.90 Å². The molecule has 138 valence electrons. The van der Waals surface area contributed by atoms with E-state index in [2.05, 4.69) is 36.4 Å². The molecule has 3 nitrogen and oxygen atoms in total. The van der Waals surface area contributed by atoms with Gasteiger partial charge in [0.15, 0.2) is 0 Å². The fourth-order valence-electron chi connectivity index (χ4n) is 3.28. The second kappa shape index (κ2) is 8.42. The maximum atomic E-state index is 11.5. The predicted octanol–water partition coefficient (Wildman–Crippen LogP) is 4.51. The first-order valence-electron chi connectivity index (χ1n) is 8.88. The molecule has 0 aliphatic heterocycles. The molecular formula is C23H23NO2S. The number of nitrogens with two attached hydrogens (primary N) is 1. The van der Waals surface area contributed by atoms with Crippen LogP contribution in [-0.2, 0) is 9.54 Å². The lowest BCUT2D eigenvalue weighted by Crippen LogP contribution is -2.41. The Kier molecular flexibility index (Phi) is 5.99. The topological polar surface area (TPSA) is 63.3 Å². The Morgan fingerprint density at radius 1 is 0.815 bits per heavy atom. The molecule has 0 saturated carbocycles. The number of rotatable bonds is 7. The highest BCUT2D eigenvalue weighted by Gasteiger charge is 2.40. The maximum Gasteiger partial charge on any atom is 0.321 e. The minimum Gasteiger partial charge on any atom is -0.480 e. The van der Waals surface area contributed by atoms with Crippen molar-refractivity contribution in [1.82, 2.24) is 0 Å². The molecular weight excluding hydrogens is 354 g/mol. The van der Waals surface area contributed by atoms with Crippen molar-refractivity contribution in [3.8, 4) is 0 Å². The average molecular weight is 378 g/mol. The molecule has 0 aliphatic carbocycles. The number of hydrogen-bond donors (Lipinski definition) is 2. The van der Waals surface area contributed by atoms with Crippen molar-refractivity contribution >= 4 is 17.7 Å². The van der Waals surface area contributed by atoms with Crippen molar-refractivity contribution in [3.63, 3.8) is 0 Å². The summed E-state index contributed by atoms with van der Waals surface area (Å²) in [6.45, 7) is 1.88. The van der Waals surface area contributed by atoms with Crippen molar-refractivity contribution in [3.05, 3.63) is 108 Å². The molecule has 3 N–H and O–H groups in total. The van der Waals surface area contributed by atoms with Crippen molar-refractivity contribution in [2.75, 3.05) is 0 Å². The Morgan fingerprint density at radius 3 is 1.44 bits per heavy atom. The fourth-order valence-corrected chi connectivity index (χ4v) is 4.91. The molecule has 3 aromatic carbocycles. The molecule has 27 heavy (non-hydrogen) atoms. The highest BCUT2D eigenvalue weighted by Crippen LogP contribution is 2.50. The van der Waals surface area contributed by atoms with Gasteiger partial charge < -0.3 is 10.8 Å². The minimum absolute atomic E-state index is 0.303. The molecule has 0 radical (unpaired) electrons. The standard InChI is InChI=1S/C23H23NO2S/c1-17(21(24)22(25)26)27-23(18-11-5-2-6-12-18,19-13-7-3-8-14-19)20-15-9-4-10-16-20/h2-17,21H,24H2,1H3,(H,25,26). The summed E-state index contributed by atoms with van der Waals surface area (Å²) in [5.74, 6) is -0.988. The SMILES string of the molecule is CC(SC(c1ccccc1)(c1ccccc1)c1ccccc1)C(N)C(=O)O.